The standard InChI is InChI=1S/C15H16N2S2/c18-15(19-12-14-9-5-2-6-10-14)17-16-11-13-7-3-1-4-8-13/h1-10,16H,11-12H2,(H,17,18). The van der Waals surface area contributed by atoms with Crippen LogP contribution in [-0.4, -0.2) is 4.32 Å². The third-order valence-corrected chi connectivity index (χ3v) is 3.84. The van der Waals surface area contributed by atoms with E-state index in [2.05, 4.69) is 35.1 Å². The molecule has 2 nitrogen and oxygen atoms in total. The van der Waals surface area contributed by atoms with Crippen molar-refractivity contribution < 1.29 is 0 Å². The van der Waals surface area contributed by atoms with Crippen LogP contribution >= 0.6 is 24.0 Å². The Bertz CT molecular complexity index is 500. The Morgan fingerprint density at radius 2 is 1.47 bits per heavy atom. The van der Waals surface area contributed by atoms with Gasteiger partial charge in [-0.2, -0.15) is 0 Å². The van der Waals surface area contributed by atoms with Crippen LogP contribution < -0.4 is 10.9 Å². The first-order chi connectivity index (χ1) is 9.34. The first-order valence-electron chi connectivity index (χ1n) is 6.08. The topological polar surface area (TPSA) is 24.1 Å². The molecule has 0 saturated heterocycles. The lowest BCUT2D eigenvalue weighted by molar-refractivity contribution is 0.664. The van der Waals surface area contributed by atoms with Crippen molar-refractivity contribution in [3.8, 4) is 0 Å². The van der Waals surface area contributed by atoms with Crippen LogP contribution in [0.2, 0.25) is 0 Å². The molecule has 2 aromatic rings. The van der Waals surface area contributed by atoms with Crippen LogP contribution in [0.3, 0.4) is 0 Å². The second kappa shape index (κ2) is 7.94. The zero-order valence-electron chi connectivity index (χ0n) is 10.5. The smallest absolute Gasteiger partial charge is 0.148 e. The van der Waals surface area contributed by atoms with Crippen LogP contribution in [-0.2, 0) is 12.3 Å². The molecule has 0 aliphatic heterocycles. The highest BCUT2D eigenvalue weighted by Gasteiger charge is 1.98. The molecule has 0 amide bonds. The lowest BCUT2D eigenvalue weighted by Crippen LogP contribution is -2.34. The minimum Gasteiger partial charge on any atom is -0.306 e. The van der Waals surface area contributed by atoms with Crippen LogP contribution in [0.5, 0.6) is 0 Å². The van der Waals surface area contributed by atoms with Gasteiger partial charge in [0.25, 0.3) is 0 Å². The van der Waals surface area contributed by atoms with Gasteiger partial charge in [0.05, 0.1) is 0 Å². The molecular weight excluding hydrogens is 272 g/mol. The van der Waals surface area contributed by atoms with Gasteiger partial charge >= 0.3 is 0 Å². The summed E-state index contributed by atoms with van der Waals surface area (Å²) in [5, 5.41) is 0. The molecule has 0 aliphatic carbocycles. The van der Waals surface area contributed by atoms with Gasteiger partial charge in [0.15, 0.2) is 0 Å². The first-order valence-corrected chi connectivity index (χ1v) is 7.47. The Hall–Kier alpha value is -1.36. The summed E-state index contributed by atoms with van der Waals surface area (Å²) in [5.41, 5.74) is 8.68. The van der Waals surface area contributed by atoms with E-state index in [1.807, 2.05) is 36.4 Å². The number of hydrogen-bond acceptors (Lipinski definition) is 3. The predicted octanol–water partition coefficient (Wildman–Crippen LogP) is 3.50. The molecule has 2 rings (SSSR count). The van der Waals surface area contributed by atoms with Gasteiger partial charge in [0, 0.05) is 12.3 Å². The number of nitrogens with one attached hydrogen (secondary N) is 2. The highest BCUT2D eigenvalue weighted by Crippen LogP contribution is 2.12. The van der Waals surface area contributed by atoms with E-state index < -0.39 is 0 Å². The number of hydrogen-bond donors (Lipinski definition) is 2. The third-order valence-electron chi connectivity index (χ3n) is 2.54. The molecule has 2 aromatic carbocycles. The van der Waals surface area contributed by atoms with Crippen LogP contribution in [0.25, 0.3) is 0 Å². The molecule has 0 aliphatic rings. The summed E-state index contributed by atoms with van der Waals surface area (Å²) in [5.74, 6) is 0.889. The lowest BCUT2D eigenvalue weighted by atomic mass is 10.2. The van der Waals surface area contributed by atoms with Crippen molar-refractivity contribution in [2.75, 3.05) is 0 Å². The van der Waals surface area contributed by atoms with Crippen molar-refractivity contribution in [1.29, 1.82) is 0 Å². The average molecular weight is 288 g/mol. The molecule has 0 aromatic heterocycles. The molecule has 19 heavy (non-hydrogen) atoms. The fourth-order valence-electron chi connectivity index (χ4n) is 1.57. The Morgan fingerprint density at radius 3 is 2.11 bits per heavy atom. The van der Waals surface area contributed by atoms with Gasteiger partial charge in [-0.25, -0.2) is 5.43 Å². The van der Waals surface area contributed by atoms with Crippen molar-refractivity contribution in [1.82, 2.24) is 10.9 Å². The monoisotopic (exact) mass is 288 g/mol. The fourth-order valence-corrected chi connectivity index (χ4v) is 2.46. The molecular formula is C15H16N2S2. The predicted molar refractivity (Wildman–Crippen MR) is 86.8 cm³/mol. The third kappa shape index (κ3) is 5.42. The minimum absolute atomic E-state index is 0.757. The van der Waals surface area contributed by atoms with Gasteiger partial charge in [0.2, 0.25) is 0 Å². The minimum atomic E-state index is 0.757. The highest BCUT2D eigenvalue weighted by molar-refractivity contribution is 8.22. The maximum Gasteiger partial charge on any atom is 0.148 e. The first kappa shape index (κ1) is 14.1. The largest absolute Gasteiger partial charge is 0.306 e. The molecule has 0 atom stereocenters. The zero-order valence-corrected chi connectivity index (χ0v) is 12.1. The number of hydrazine groups is 1. The summed E-state index contributed by atoms with van der Waals surface area (Å²) in [6.07, 6.45) is 0. The summed E-state index contributed by atoms with van der Waals surface area (Å²) in [7, 11) is 0. The Labute approximate surface area is 123 Å². The molecule has 0 radical (unpaired) electrons. The summed E-state index contributed by atoms with van der Waals surface area (Å²) in [4.78, 5) is 0. The number of thiocarbonyl (C=S) groups is 1. The quantitative estimate of drug-likeness (QED) is 0.649. The molecule has 2 N–H and O–H groups in total. The Morgan fingerprint density at radius 1 is 0.895 bits per heavy atom. The Kier molecular flexibility index (Phi) is 5.88. The zero-order chi connectivity index (χ0) is 13.3. The number of benzene rings is 2. The summed E-state index contributed by atoms with van der Waals surface area (Å²) >= 11 is 6.88. The maximum absolute atomic E-state index is 5.26. The second-order valence-electron chi connectivity index (χ2n) is 4.03. The summed E-state index contributed by atoms with van der Waals surface area (Å²) in [6, 6.07) is 20.5. The summed E-state index contributed by atoms with van der Waals surface area (Å²) < 4.78 is 0.764. The van der Waals surface area contributed by atoms with Crippen molar-refractivity contribution in [2.45, 2.75) is 12.3 Å². The van der Waals surface area contributed by atoms with E-state index in [4.69, 9.17) is 12.2 Å². The Balaban J connectivity index is 1.65. The average Bonchev–Trinajstić information content (AvgIpc) is 2.47. The van der Waals surface area contributed by atoms with Gasteiger partial charge in [-0.3, -0.25) is 0 Å². The molecule has 0 heterocycles. The van der Waals surface area contributed by atoms with Gasteiger partial charge in [-0.05, 0) is 11.1 Å². The van der Waals surface area contributed by atoms with Crippen LogP contribution in [0, 0.1) is 0 Å². The van der Waals surface area contributed by atoms with Crippen LogP contribution in [0.15, 0.2) is 60.7 Å². The molecule has 0 unspecified atom stereocenters. The van der Waals surface area contributed by atoms with E-state index in [-0.39, 0.29) is 0 Å². The van der Waals surface area contributed by atoms with Crippen molar-refractivity contribution in [3.63, 3.8) is 0 Å². The highest BCUT2D eigenvalue weighted by atomic mass is 32.2. The maximum atomic E-state index is 5.26. The van der Waals surface area contributed by atoms with Gasteiger partial charge < -0.3 is 5.43 Å². The van der Waals surface area contributed by atoms with Crippen molar-refractivity contribution in [3.05, 3.63) is 71.8 Å². The second-order valence-corrected chi connectivity index (χ2v) is 5.68. The van der Waals surface area contributed by atoms with E-state index in [0.717, 1.165) is 16.6 Å². The molecule has 0 saturated carbocycles. The van der Waals surface area contributed by atoms with Crippen LogP contribution in [0.1, 0.15) is 11.1 Å². The van der Waals surface area contributed by atoms with Crippen molar-refractivity contribution >= 4 is 28.3 Å². The number of rotatable bonds is 5. The molecule has 98 valence electrons. The van der Waals surface area contributed by atoms with E-state index >= 15 is 0 Å². The fraction of sp³-hybridized carbons (Fsp3) is 0.133. The van der Waals surface area contributed by atoms with E-state index in [9.17, 15) is 0 Å². The van der Waals surface area contributed by atoms with E-state index in [0.29, 0.717) is 0 Å². The molecule has 0 fully saturated rings. The van der Waals surface area contributed by atoms with E-state index in [1.54, 1.807) is 11.8 Å². The molecule has 0 spiro atoms. The normalized spacial score (nSPS) is 10.1. The van der Waals surface area contributed by atoms with E-state index in [1.165, 1.54) is 11.1 Å². The van der Waals surface area contributed by atoms with Crippen molar-refractivity contribution in [2.24, 2.45) is 0 Å². The van der Waals surface area contributed by atoms with Crippen LogP contribution in [0.4, 0.5) is 0 Å². The lowest BCUT2D eigenvalue weighted by Gasteiger charge is -2.09. The number of thioether (sulfide) groups is 1. The molecule has 4 heteroatoms. The molecule has 0 bridgehead atoms. The SMILES string of the molecule is S=C(NNCc1ccccc1)SCc1ccccc1. The van der Waals surface area contributed by atoms with Gasteiger partial charge in [-0.1, -0.05) is 84.6 Å². The summed E-state index contributed by atoms with van der Waals surface area (Å²) in [6.45, 7) is 0.757. The van der Waals surface area contributed by atoms with Gasteiger partial charge in [-0.15, -0.1) is 0 Å². The van der Waals surface area contributed by atoms with Gasteiger partial charge in [0.1, 0.15) is 4.32 Å².